The monoisotopic (exact) mass is 509 g/mol. The summed E-state index contributed by atoms with van der Waals surface area (Å²) in [4.78, 5) is 16.9. The molecule has 0 aliphatic carbocycles. The summed E-state index contributed by atoms with van der Waals surface area (Å²) in [5.74, 6) is 0.0887. The van der Waals surface area contributed by atoms with Gasteiger partial charge < -0.3 is 28.6 Å². The van der Waals surface area contributed by atoms with E-state index in [4.69, 9.17) is 28.6 Å². The average molecular weight is 509 g/mol. The second kappa shape index (κ2) is 12.5. The van der Waals surface area contributed by atoms with E-state index in [2.05, 4.69) is 11.6 Å². The molecule has 1 atom stereocenters. The van der Waals surface area contributed by atoms with Crippen molar-refractivity contribution in [3.8, 4) is 5.75 Å². The van der Waals surface area contributed by atoms with Crippen molar-refractivity contribution >= 4 is 13.1 Å². The topological polar surface area (TPSA) is 96.3 Å². The Hall–Kier alpha value is -2.98. The summed E-state index contributed by atoms with van der Waals surface area (Å²) >= 11 is 0. The quantitative estimate of drug-likeness (QED) is 0.254. The number of ether oxygens (including phenoxy) is 3. The van der Waals surface area contributed by atoms with Gasteiger partial charge in [0.15, 0.2) is 0 Å². The Morgan fingerprint density at radius 1 is 1.16 bits per heavy atom. The van der Waals surface area contributed by atoms with E-state index in [0.29, 0.717) is 29.9 Å². The molecular formula is C28H36BNO7. The highest BCUT2D eigenvalue weighted by Crippen LogP contribution is 2.40. The fourth-order valence-corrected chi connectivity index (χ4v) is 3.77. The molecule has 198 valence electrons. The predicted molar refractivity (Wildman–Crippen MR) is 141 cm³/mol. The second-order valence-corrected chi connectivity index (χ2v) is 9.79. The molecule has 1 aliphatic rings. The van der Waals surface area contributed by atoms with E-state index in [0.717, 1.165) is 11.0 Å². The number of aliphatic hydroxyl groups is 1. The van der Waals surface area contributed by atoms with Gasteiger partial charge in [-0.3, -0.25) is 4.98 Å². The second-order valence-electron chi connectivity index (χ2n) is 9.79. The molecule has 1 aromatic carbocycles. The maximum absolute atomic E-state index is 13.0. The minimum absolute atomic E-state index is 0.105. The van der Waals surface area contributed by atoms with Crippen LogP contribution >= 0.6 is 0 Å². The number of methoxy groups -OCH3 is 1. The van der Waals surface area contributed by atoms with Crippen molar-refractivity contribution in [3.05, 3.63) is 83.6 Å². The van der Waals surface area contributed by atoms with Gasteiger partial charge in [-0.05, 0) is 68.6 Å². The van der Waals surface area contributed by atoms with Crippen LogP contribution in [0.5, 0.6) is 5.75 Å². The van der Waals surface area contributed by atoms with Gasteiger partial charge >= 0.3 is 13.1 Å². The SMILES string of the molecule is C=C(COC)/C(=C/C[C@@H](OC(=O)c1ccncc1)c1cccc(OCCO)c1)B1OC(C)(C)C(C)(C)O1. The van der Waals surface area contributed by atoms with Crippen LogP contribution in [0, 0.1) is 0 Å². The Morgan fingerprint density at radius 2 is 1.84 bits per heavy atom. The Labute approximate surface area is 219 Å². The molecule has 0 amide bonds. The van der Waals surface area contributed by atoms with Gasteiger partial charge in [-0.2, -0.15) is 0 Å². The molecular weight excluding hydrogens is 473 g/mol. The third kappa shape index (κ3) is 7.29. The fourth-order valence-electron chi connectivity index (χ4n) is 3.77. The lowest BCUT2D eigenvalue weighted by molar-refractivity contribution is 0.00578. The summed E-state index contributed by atoms with van der Waals surface area (Å²) in [5.41, 5.74) is 1.51. The highest BCUT2D eigenvalue weighted by atomic mass is 16.7. The molecule has 1 fully saturated rings. The number of hydrogen-bond donors (Lipinski definition) is 1. The predicted octanol–water partition coefficient (Wildman–Crippen LogP) is 4.50. The Balaban J connectivity index is 1.94. The van der Waals surface area contributed by atoms with E-state index in [1.165, 1.54) is 0 Å². The summed E-state index contributed by atoms with van der Waals surface area (Å²) in [6, 6.07) is 10.5. The molecule has 37 heavy (non-hydrogen) atoms. The zero-order chi connectivity index (χ0) is 27.1. The number of pyridine rings is 1. The number of rotatable bonds is 12. The lowest BCUT2D eigenvalue weighted by Crippen LogP contribution is -2.41. The number of esters is 1. The highest BCUT2D eigenvalue weighted by Gasteiger charge is 2.52. The Kier molecular flexibility index (Phi) is 9.67. The maximum atomic E-state index is 13.0. The molecule has 8 nitrogen and oxygen atoms in total. The molecule has 1 saturated heterocycles. The summed E-state index contributed by atoms with van der Waals surface area (Å²) in [6.45, 7) is 12.5. The normalized spacial score (nSPS) is 17.4. The molecule has 0 unspecified atom stereocenters. The first-order valence-corrected chi connectivity index (χ1v) is 12.3. The Morgan fingerprint density at radius 3 is 2.46 bits per heavy atom. The zero-order valence-corrected chi connectivity index (χ0v) is 22.2. The molecule has 2 heterocycles. The molecule has 0 spiro atoms. The van der Waals surface area contributed by atoms with E-state index >= 15 is 0 Å². The number of benzene rings is 1. The van der Waals surface area contributed by atoms with Crippen molar-refractivity contribution < 1.29 is 33.4 Å². The summed E-state index contributed by atoms with van der Waals surface area (Å²) < 4.78 is 29.4. The molecule has 1 N–H and O–H groups in total. The number of nitrogens with zero attached hydrogens (tertiary/aromatic N) is 1. The molecule has 2 aromatic rings. The number of carbonyl (C=O) groups is 1. The van der Waals surface area contributed by atoms with E-state index in [1.54, 1.807) is 43.8 Å². The molecule has 0 bridgehead atoms. The zero-order valence-electron chi connectivity index (χ0n) is 22.2. The first-order valence-electron chi connectivity index (χ1n) is 12.3. The minimum atomic E-state index is -0.650. The minimum Gasteiger partial charge on any atom is -0.491 e. The standard InChI is InChI=1S/C28H36BNO7/c1-20(19-33-6)24(29-36-27(2,3)28(4,5)37-29)10-11-25(35-26(32)21-12-14-30-15-13-21)22-8-7-9-23(18-22)34-17-16-31/h7-10,12-15,18,25,31H,1,11,16-17,19H2,2-6H3/b24-10-/t25-/m1/s1. The van der Waals surface area contributed by atoms with Gasteiger partial charge in [0.2, 0.25) is 0 Å². The first kappa shape index (κ1) is 28.6. The lowest BCUT2D eigenvalue weighted by atomic mass is 9.73. The molecule has 0 saturated carbocycles. The van der Waals surface area contributed by atoms with E-state index in [-0.39, 0.29) is 13.2 Å². The molecule has 1 aromatic heterocycles. The average Bonchev–Trinajstić information content (AvgIpc) is 3.09. The number of aliphatic hydroxyl groups excluding tert-OH is 1. The first-order chi connectivity index (χ1) is 17.6. The van der Waals surface area contributed by atoms with Crippen LogP contribution in [0.4, 0.5) is 0 Å². The van der Waals surface area contributed by atoms with Gasteiger partial charge in [0.1, 0.15) is 18.5 Å². The van der Waals surface area contributed by atoms with Crippen LogP contribution in [-0.4, -0.2) is 61.3 Å². The van der Waals surface area contributed by atoms with Crippen LogP contribution < -0.4 is 4.74 Å². The van der Waals surface area contributed by atoms with Gasteiger partial charge in [0.25, 0.3) is 0 Å². The van der Waals surface area contributed by atoms with Gasteiger partial charge in [-0.15, -0.1) is 0 Å². The van der Waals surface area contributed by atoms with Crippen LogP contribution in [0.15, 0.2) is 72.5 Å². The van der Waals surface area contributed by atoms with Crippen molar-refractivity contribution in [1.82, 2.24) is 4.98 Å². The summed E-state index contributed by atoms with van der Waals surface area (Å²) in [5, 5.41) is 9.12. The molecule has 0 radical (unpaired) electrons. The summed E-state index contributed by atoms with van der Waals surface area (Å²) in [7, 11) is 0.952. The largest absolute Gasteiger partial charge is 0.494 e. The Bertz CT molecular complexity index is 1080. The molecule has 3 rings (SSSR count). The maximum Gasteiger partial charge on any atom is 0.494 e. The van der Waals surface area contributed by atoms with Crippen LogP contribution in [0.1, 0.15) is 56.1 Å². The highest BCUT2D eigenvalue weighted by molar-refractivity contribution is 6.56. The summed E-state index contributed by atoms with van der Waals surface area (Å²) in [6.07, 6.45) is 4.68. The van der Waals surface area contributed by atoms with E-state index < -0.39 is 30.4 Å². The number of aromatic nitrogens is 1. The van der Waals surface area contributed by atoms with Crippen LogP contribution in [0.3, 0.4) is 0 Å². The fraction of sp³-hybridized carbons (Fsp3) is 0.429. The smallest absolute Gasteiger partial charge is 0.491 e. The van der Waals surface area contributed by atoms with Crippen LogP contribution in [-0.2, 0) is 18.8 Å². The van der Waals surface area contributed by atoms with Gasteiger partial charge in [0.05, 0.1) is 30.0 Å². The van der Waals surface area contributed by atoms with Crippen LogP contribution in [0.25, 0.3) is 0 Å². The van der Waals surface area contributed by atoms with Gasteiger partial charge in [-0.1, -0.05) is 24.8 Å². The lowest BCUT2D eigenvalue weighted by Gasteiger charge is -2.32. The van der Waals surface area contributed by atoms with Gasteiger partial charge in [0, 0.05) is 25.9 Å². The third-order valence-electron chi connectivity index (χ3n) is 6.54. The van der Waals surface area contributed by atoms with Crippen molar-refractivity contribution in [3.63, 3.8) is 0 Å². The molecule has 1 aliphatic heterocycles. The van der Waals surface area contributed by atoms with Crippen molar-refractivity contribution in [2.45, 2.75) is 51.4 Å². The van der Waals surface area contributed by atoms with Crippen molar-refractivity contribution in [2.24, 2.45) is 0 Å². The van der Waals surface area contributed by atoms with E-state index in [1.807, 2.05) is 45.9 Å². The number of hydrogen-bond acceptors (Lipinski definition) is 8. The van der Waals surface area contributed by atoms with Gasteiger partial charge in [-0.25, -0.2) is 4.79 Å². The van der Waals surface area contributed by atoms with Crippen molar-refractivity contribution in [2.75, 3.05) is 26.9 Å². The third-order valence-corrected chi connectivity index (χ3v) is 6.54. The van der Waals surface area contributed by atoms with Crippen LogP contribution in [0.2, 0.25) is 0 Å². The van der Waals surface area contributed by atoms with E-state index in [9.17, 15) is 4.79 Å². The molecule has 9 heteroatoms. The number of carbonyl (C=O) groups excluding carboxylic acids is 1. The van der Waals surface area contributed by atoms with Crippen molar-refractivity contribution in [1.29, 1.82) is 0 Å².